The van der Waals surface area contributed by atoms with Gasteiger partial charge in [-0.3, -0.25) is 4.57 Å². The summed E-state index contributed by atoms with van der Waals surface area (Å²) in [5.41, 5.74) is 3.11. The Kier molecular flexibility index (Phi) is 2.19. The van der Waals surface area contributed by atoms with E-state index in [2.05, 4.69) is 42.2 Å². The van der Waals surface area contributed by atoms with Crippen molar-refractivity contribution < 1.29 is 0 Å². The molecule has 0 fully saturated rings. The van der Waals surface area contributed by atoms with Gasteiger partial charge in [0.25, 0.3) is 0 Å². The highest BCUT2D eigenvalue weighted by atomic mass is 32.1. The number of hydrogen-bond donors (Lipinski definition) is 1. The molecule has 0 bridgehead atoms. The summed E-state index contributed by atoms with van der Waals surface area (Å²) in [7, 11) is 0. The summed E-state index contributed by atoms with van der Waals surface area (Å²) in [4.78, 5) is 7.61. The average molecular weight is 221 g/mol. The lowest BCUT2D eigenvalue weighted by Gasteiger charge is -2.21. The Bertz CT molecular complexity index is 557. The molecule has 0 saturated heterocycles. The number of pyridine rings is 1. The number of aromatic nitrogens is 3. The van der Waals surface area contributed by atoms with Crippen LogP contribution in [0.1, 0.15) is 26.3 Å². The Morgan fingerprint density at radius 3 is 2.67 bits per heavy atom. The predicted octanol–water partition coefficient (Wildman–Crippen LogP) is 3.16. The summed E-state index contributed by atoms with van der Waals surface area (Å²) >= 11 is 5.33. The molecular weight excluding hydrogens is 206 g/mol. The molecule has 2 aromatic heterocycles. The summed E-state index contributed by atoms with van der Waals surface area (Å²) in [6.07, 6.45) is 1.82. The first-order valence-electron chi connectivity index (χ1n) is 4.98. The first kappa shape index (κ1) is 10.4. The van der Waals surface area contributed by atoms with Gasteiger partial charge < -0.3 is 4.98 Å². The second-order valence-electron chi connectivity index (χ2n) is 4.76. The number of H-pyrrole nitrogens is 1. The summed E-state index contributed by atoms with van der Waals surface area (Å²) in [5, 5.41) is 0. The van der Waals surface area contributed by atoms with Gasteiger partial charge in [-0.15, -0.1) is 0 Å². The van der Waals surface area contributed by atoms with Crippen molar-refractivity contribution in [1.29, 1.82) is 0 Å². The van der Waals surface area contributed by atoms with E-state index in [4.69, 9.17) is 12.2 Å². The third kappa shape index (κ3) is 1.59. The van der Waals surface area contributed by atoms with Crippen LogP contribution >= 0.6 is 12.2 Å². The molecule has 4 heteroatoms. The molecule has 15 heavy (non-hydrogen) atoms. The van der Waals surface area contributed by atoms with Gasteiger partial charge in [0.05, 0.1) is 5.52 Å². The third-order valence-corrected chi connectivity index (χ3v) is 2.74. The van der Waals surface area contributed by atoms with Crippen molar-refractivity contribution in [3.8, 4) is 0 Å². The fourth-order valence-electron chi connectivity index (χ4n) is 1.75. The third-order valence-electron chi connectivity index (χ3n) is 2.46. The first-order chi connectivity index (χ1) is 6.91. The van der Waals surface area contributed by atoms with Gasteiger partial charge in [-0.05, 0) is 51.5 Å². The van der Waals surface area contributed by atoms with Gasteiger partial charge in [-0.2, -0.15) is 0 Å². The number of nitrogens with zero attached hydrogens (tertiary/aromatic N) is 2. The largest absolute Gasteiger partial charge is 0.329 e. The van der Waals surface area contributed by atoms with Gasteiger partial charge >= 0.3 is 0 Å². The molecule has 3 nitrogen and oxygen atoms in total. The minimum absolute atomic E-state index is 0.0455. The number of aryl methyl sites for hydroxylation is 1. The number of nitrogens with one attached hydrogen (secondary N) is 1. The Morgan fingerprint density at radius 1 is 1.40 bits per heavy atom. The van der Waals surface area contributed by atoms with Crippen LogP contribution in [-0.2, 0) is 5.54 Å². The molecule has 0 atom stereocenters. The van der Waals surface area contributed by atoms with Gasteiger partial charge in [-0.1, -0.05) is 0 Å². The molecule has 0 aliphatic carbocycles. The molecule has 0 amide bonds. The summed E-state index contributed by atoms with van der Waals surface area (Å²) in [6, 6.07) is 1.99. The van der Waals surface area contributed by atoms with Crippen LogP contribution in [0.15, 0.2) is 12.3 Å². The second kappa shape index (κ2) is 3.17. The molecule has 0 aliphatic rings. The monoisotopic (exact) mass is 221 g/mol. The Hall–Kier alpha value is -1.16. The number of hydrogen-bond acceptors (Lipinski definition) is 2. The zero-order valence-corrected chi connectivity index (χ0v) is 10.3. The zero-order chi connectivity index (χ0) is 11.2. The van der Waals surface area contributed by atoms with E-state index in [0.29, 0.717) is 0 Å². The fraction of sp³-hybridized carbons (Fsp3) is 0.455. The Labute approximate surface area is 94.2 Å². The fourth-order valence-corrected chi connectivity index (χ4v) is 2.21. The van der Waals surface area contributed by atoms with Crippen molar-refractivity contribution in [2.75, 3.05) is 0 Å². The van der Waals surface area contributed by atoms with Gasteiger partial charge in [0, 0.05) is 11.7 Å². The van der Waals surface area contributed by atoms with Crippen LogP contribution in [0.2, 0.25) is 0 Å². The highest BCUT2D eigenvalue weighted by Crippen LogP contribution is 2.22. The zero-order valence-electron chi connectivity index (χ0n) is 9.46. The van der Waals surface area contributed by atoms with Crippen molar-refractivity contribution >= 4 is 23.4 Å². The maximum absolute atomic E-state index is 5.33. The maximum Gasteiger partial charge on any atom is 0.179 e. The number of rotatable bonds is 0. The van der Waals surface area contributed by atoms with E-state index >= 15 is 0 Å². The lowest BCUT2D eigenvalue weighted by atomic mass is 10.1. The molecule has 2 rings (SSSR count). The van der Waals surface area contributed by atoms with Crippen LogP contribution in [-0.4, -0.2) is 14.5 Å². The molecule has 0 radical (unpaired) electrons. The van der Waals surface area contributed by atoms with Crippen LogP contribution in [0.4, 0.5) is 0 Å². The lowest BCUT2D eigenvalue weighted by molar-refractivity contribution is 0.401. The smallest absolute Gasteiger partial charge is 0.179 e. The van der Waals surface area contributed by atoms with E-state index in [1.54, 1.807) is 0 Å². The van der Waals surface area contributed by atoms with Gasteiger partial charge in [0.15, 0.2) is 10.4 Å². The molecule has 0 aromatic carbocycles. The van der Waals surface area contributed by atoms with Crippen molar-refractivity contribution in [1.82, 2.24) is 14.5 Å². The molecular formula is C11H15N3S. The SMILES string of the molecule is Cc1ccnc2c1[nH]c(=S)n2C(C)(C)C. The Morgan fingerprint density at radius 2 is 2.07 bits per heavy atom. The van der Waals surface area contributed by atoms with Crippen molar-refractivity contribution in [3.05, 3.63) is 22.6 Å². The maximum atomic E-state index is 5.33. The van der Waals surface area contributed by atoms with Crippen molar-refractivity contribution in [2.45, 2.75) is 33.2 Å². The number of aromatic amines is 1. The van der Waals surface area contributed by atoms with Crippen LogP contribution in [0.3, 0.4) is 0 Å². The molecule has 0 unspecified atom stereocenters. The molecule has 1 N–H and O–H groups in total. The van der Waals surface area contributed by atoms with E-state index in [0.717, 1.165) is 15.9 Å². The summed E-state index contributed by atoms with van der Waals surface area (Å²) in [5.74, 6) is 0. The molecule has 0 spiro atoms. The van der Waals surface area contributed by atoms with Crippen LogP contribution < -0.4 is 0 Å². The van der Waals surface area contributed by atoms with Crippen molar-refractivity contribution in [2.24, 2.45) is 0 Å². The lowest BCUT2D eigenvalue weighted by Crippen LogP contribution is -2.22. The minimum Gasteiger partial charge on any atom is -0.329 e. The quantitative estimate of drug-likeness (QED) is 0.693. The predicted molar refractivity (Wildman–Crippen MR) is 64.7 cm³/mol. The Balaban J connectivity index is 2.92. The second-order valence-corrected chi connectivity index (χ2v) is 5.15. The highest BCUT2D eigenvalue weighted by Gasteiger charge is 2.18. The van der Waals surface area contributed by atoms with E-state index in [9.17, 15) is 0 Å². The van der Waals surface area contributed by atoms with Gasteiger partial charge in [0.2, 0.25) is 0 Å². The van der Waals surface area contributed by atoms with E-state index in [1.807, 2.05) is 12.3 Å². The molecule has 2 aromatic rings. The topological polar surface area (TPSA) is 33.6 Å². The van der Waals surface area contributed by atoms with E-state index in [-0.39, 0.29) is 5.54 Å². The minimum atomic E-state index is -0.0455. The highest BCUT2D eigenvalue weighted by molar-refractivity contribution is 7.71. The van der Waals surface area contributed by atoms with E-state index < -0.39 is 0 Å². The molecule has 2 heterocycles. The van der Waals surface area contributed by atoms with Crippen LogP contribution in [0, 0.1) is 11.7 Å². The first-order valence-corrected chi connectivity index (χ1v) is 5.39. The van der Waals surface area contributed by atoms with E-state index in [1.165, 1.54) is 5.56 Å². The molecule has 80 valence electrons. The molecule has 0 saturated carbocycles. The summed E-state index contributed by atoms with van der Waals surface area (Å²) < 4.78 is 2.80. The van der Waals surface area contributed by atoms with Crippen LogP contribution in [0.25, 0.3) is 11.2 Å². The van der Waals surface area contributed by atoms with Crippen molar-refractivity contribution in [3.63, 3.8) is 0 Å². The molecule has 0 aliphatic heterocycles. The normalized spacial score (nSPS) is 12.3. The standard InChI is InChI=1S/C11H15N3S/c1-7-5-6-12-9-8(7)13-10(15)14(9)11(2,3)4/h5-6H,1-4H3,(H,13,15). The summed E-state index contributed by atoms with van der Waals surface area (Å²) in [6.45, 7) is 8.43. The van der Waals surface area contributed by atoms with Gasteiger partial charge in [0.1, 0.15) is 0 Å². The number of fused-ring (bicyclic) bond motifs is 1. The number of imidazole rings is 1. The van der Waals surface area contributed by atoms with Crippen LogP contribution in [0.5, 0.6) is 0 Å². The average Bonchev–Trinajstić information content (AvgIpc) is 2.41. The van der Waals surface area contributed by atoms with Gasteiger partial charge in [-0.25, -0.2) is 4.98 Å².